The molecule has 0 unspecified atom stereocenters. The summed E-state index contributed by atoms with van der Waals surface area (Å²) in [5.41, 5.74) is 0.301. The Balaban J connectivity index is 1.96. The molecule has 2 rings (SSSR count). The summed E-state index contributed by atoms with van der Waals surface area (Å²) >= 11 is 0. The predicted octanol–water partition coefficient (Wildman–Crippen LogP) is 1.82. The van der Waals surface area contributed by atoms with Crippen molar-refractivity contribution >= 4 is 21.8 Å². The topological polar surface area (TPSA) is 69.7 Å². The van der Waals surface area contributed by atoms with Gasteiger partial charge in [0.25, 0.3) is 10.2 Å². The molecule has 1 aromatic carbocycles. The monoisotopic (exact) mass is 343 g/mol. The van der Waals surface area contributed by atoms with E-state index in [9.17, 15) is 17.6 Å². The van der Waals surface area contributed by atoms with Gasteiger partial charge in [0.15, 0.2) is 0 Å². The highest BCUT2D eigenvalue weighted by atomic mass is 32.2. The fourth-order valence-electron chi connectivity index (χ4n) is 2.52. The minimum absolute atomic E-state index is 0.301. The number of nitrogens with zero attached hydrogens (tertiary/aromatic N) is 2. The third-order valence-corrected chi connectivity index (χ3v) is 5.69. The Morgan fingerprint density at radius 1 is 1.26 bits per heavy atom. The lowest BCUT2D eigenvalue weighted by atomic mass is 10.2. The number of likely N-dealkylation sites (N-methyl/N-ethyl adjacent to an activating group) is 1. The van der Waals surface area contributed by atoms with Crippen molar-refractivity contribution in [1.29, 1.82) is 0 Å². The minimum atomic E-state index is -3.65. The van der Waals surface area contributed by atoms with Gasteiger partial charge in [0.05, 0.1) is 6.54 Å². The SMILES string of the molecule is CN(CC(=O)Nc1cccc(F)c1)S(=O)(=O)N1CCCCCC1. The molecule has 6 nitrogen and oxygen atoms in total. The van der Waals surface area contributed by atoms with Gasteiger partial charge in [0.1, 0.15) is 5.82 Å². The summed E-state index contributed by atoms with van der Waals surface area (Å²) in [5, 5.41) is 2.50. The number of hydrogen-bond donors (Lipinski definition) is 1. The van der Waals surface area contributed by atoms with Crippen LogP contribution in [0.3, 0.4) is 0 Å². The van der Waals surface area contributed by atoms with E-state index in [1.807, 2.05) is 0 Å². The third-order valence-electron chi connectivity index (χ3n) is 3.76. The highest BCUT2D eigenvalue weighted by molar-refractivity contribution is 7.86. The van der Waals surface area contributed by atoms with Crippen molar-refractivity contribution in [2.45, 2.75) is 25.7 Å². The van der Waals surface area contributed by atoms with Gasteiger partial charge in [0.2, 0.25) is 5.91 Å². The van der Waals surface area contributed by atoms with Crippen LogP contribution in [0.15, 0.2) is 24.3 Å². The molecule has 0 aromatic heterocycles. The maximum Gasteiger partial charge on any atom is 0.282 e. The molecule has 0 aliphatic carbocycles. The van der Waals surface area contributed by atoms with E-state index >= 15 is 0 Å². The molecular formula is C15H22FN3O3S. The molecule has 0 spiro atoms. The minimum Gasteiger partial charge on any atom is -0.325 e. The summed E-state index contributed by atoms with van der Waals surface area (Å²) in [4.78, 5) is 12.0. The number of amides is 1. The van der Waals surface area contributed by atoms with Crippen molar-refractivity contribution in [3.8, 4) is 0 Å². The van der Waals surface area contributed by atoms with Crippen LogP contribution < -0.4 is 5.32 Å². The van der Waals surface area contributed by atoms with Crippen molar-refractivity contribution in [2.75, 3.05) is 32.0 Å². The zero-order chi connectivity index (χ0) is 16.9. The number of carbonyl (C=O) groups is 1. The first-order valence-corrected chi connectivity index (χ1v) is 9.06. The molecule has 0 saturated carbocycles. The van der Waals surface area contributed by atoms with Gasteiger partial charge >= 0.3 is 0 Å². The van der Waals surface area contributed by atoms with E-state index in [0.717, 1.165) is 30.0 Å². The van der Waals surface area contributed by atoms with Crippen molar-refractivity contribution < 1.29 is 17.6 Å². The Morgan fingerprint density at radius 3 is 2.52 bits per heavy atom. The first kappa shape index (κ1) is 17.8. The first-order valence-electron chi connectivity index (χ1n) is 7.66. The molecule has 23 heavy (non-hydrogen) atoms. The maximum atomic E-state index is 13.1. The number of carbonyl (C=O) groups excluding carboxylic acids is 1. The van der Waals surface area contributed by atoms with E-state index in [4.69, 9.17) is 0 Å². The summed E-state index contributed by atoms with van der Waals surface area (Å²) in [6, 6.07) is 5.47. The van der Waals surface area contributed by atoms with Gasteiger partial charge in [-0.1, -0.05) is 18.9 Å². The molecule has 128 valence electrons. The number of benzene rings is 1. The second-order valence-electron chi connectivity index (χ2n) is 5.64. The van der Waals surface area contributed by atoms with Gasteiger partial charge in [-0.3, -0.25) is 4.79 Å². The lowest BCUT2D eigenvalue weighted by Crippen LogP contribution is -2.45. The normalized spacial score (nSPS) is 17.0. The summed E-state index contributed by atoms with van der Waals surface area (Å²) in [5.74, 6) is -0.968. The van der Waals surface area contributed by atoms with Crippen molar-refractivity contribution in [2.24, 2.45) is 0 Å². The Kier molecular flexibility index (Phi) is 6.09. The fourth-order valence-corrected chi connectivity index (χ4v) is 3.91. The van der Waals surface area contributed by atoms with Crippen LogP contribution in [0.4, 0.5) is 10.1 Å². The van der Waals surface area contributed by atoms with Gasteiger partial charge in [0, 0.05) is 25.8 Å². The van der Waals surface area contributed by atoms with Crippen LogP contribution in [0.5, 0.6) is 0 Å². The highest BCUT2D eigenvalue weighted by Crippen LogP contribution is 2.16. The van der Waals surface area contributed by atoms with Crippen molar-refractivity contribution in [3.63, 3.8) is 0 Å². The fraction of sp³-hybridized carbons (Fsp3) is 0.533. The number of anilines is 1. The van der Waals surface area contributed by atoms with Gasteiger partial charge < -0.3 is 5.32 Å². The zero-order valence-corrected chi connectivity index (χ0v) is 14.0. The number of halogens is 1. The van der Waals surface area contributed by atoms with Crippen LogP contribution in [0, 0.1) is 5.82 Å². The second-order valence-corrected chi connectivity index (χ2v) is 7.67. The molecule has 0 atom stereocenters. The average Bonchev–Trinajstić information content (AvgIpc) is 2.76. The Labute approximate surface area is 136 Å². The molecule has 1 aromatic rings. The molecule has 0 radical (unpaired) electrons. The molecule has 0 bridgehead atoms. The quantitative estimate of drug-likeness (QED) is 0.886. The van der Waals surface area contributed by atoms with Crippen LogP contribution in [0.25, 0.3) is 0 Å². The number of rotatable bonds is 5. The van der Waals surface area contributed by atoms with E-state index in [0.29, 0.717) is 18.8 Å². The van der Waals surface area contributed by atoms with Gasteiger partial charge in [-0.25, -0.2) is 4.39 Å². The zero-order valence-electron chi connectivity index (χ0n) is 13.2. The van der Waals surface area contributed by atoms with Crippen LogP contribution in [-0.2, 0) is 15.0 Å². The van der Waals surface area contributed by atoms with E-state index < -0.39 is 21.9 Å². The molecule has 8 heteroatoms. The lowest BCUT2D eigenvalue weighted by molar-refractivity contribution is -0.116. The van der Waals surface area contributed by atoms with Gasteiger partial charge in [-0.05, 0) is 31.0 Å². The van der Waals surface area contributed by atoms with Gasteiger partial charge in [-0.15, -0.1) is 0 Å². The molecular weight excluding hydrogens is 321 g/mol. The summed E-state index contributed by atoms with van der Waals surface area (Å²) < 4.78 is 40.5. The Bertz CT molecular complexity index is 643. The summed E-state index contributed by atoms with van der Waals surface area (Å²) in [7, 11) is -2.27. The largest absolute Gasteiger partial charge is 0.325 e. The van der Waals surface area contributed by atoms with Crippen LogP contribution in [-0.4, -0.2) is 49.6 Å². The molecule has 1 N–H and O–H groups in total. The lowest BCUT2D eigenvalue weighted by Gasteiger charge is -2.26. The Morgan fingerprint density at radius 2 is 1.91 bits per heavy atom. The second kappa shape index (κ2) is 7.85. The third kappa shape index (κ3) is 4.98. The highest BCUT2D eigenvalue weighted by Gasteiger charge is 2.28. The maximum absolute atomic E-state index is 13.1. The van der Waals surface area contributed by atoms with Crippen molar-refractivity contribution in [1.82, 2.24) is 8.61 Å². The first-order chi connectivity index (χ1) is 10.9. The average molecular weight is 343 g/mol. The smallest absolute Gasteiger partial charge is 0.282 e. The van der Waals surface area contributed by atoms with Crippen LogP contribution >= 0.6 is 0 Å². The molecule has 1 aliphatic rings. The number of nitrogens with one attached hydrogen (secondary N) is 1. The molecule has 1 amide bonds. The number of hydrogen-bond acceptors (Lipinski definition) is 3. The van der Waals surface area contributed by atoms with Crippen LogP contribution in [0.1, 0.15) is 25.7 Å². The van der Waals surface area contributed by atoms with Crippen molar-refractivity contribution in [3.05, 3.63) is 30.1 Å². The van der Waals surface area contributed by atoms with E-state index in [2.05, 4.69) is 5.32 Å². The van der Waals surface area contributed by atoms with Crippen LogP contribution in [0.2, 0.25) is 0 Å². The Hall–Kier alpha value is -1.51. The summed E-state index contributed by atoms with van der Waals surface area (Å²) in [6.07, 6.45) is 3.72. The molecule has 1 fully saturated rings. The molecule has 1 heterocycles. The standard InChI is InChI=1S/C15H22FN3O3S/c1-18(23(21,22)19-9-4-2-3-5-10-19)12-15(20)17-14-8-6-7-13(16)11-14/h6-8,11H,2-5,9-10,12H2,1H3,(H,17,20). The van der Waals surface area contributed by atoms with E-state index in [1.165, 1.54) is 29.6 Å². The van der Waals surface area contributed by atoms with Gasteiger partial charge in [-0.2, -0.15) is 17.0 Å². The van der Waals surface area contributed by atoms with E-state index in [1.54, 1.807) is 6.07 Å². The van der Waals surface area contributed by atoms with E-state index in [-0.39, 0.29) is 6.54 Å². The molecule has 1 saturated heterocycles. The molecule has 1 aliphatic heterocycles. The summed E-state index contributed by atoms with van der Waals surface area (Å²) in [6.45, 7) is 0.658. The predicted molar refractivity (Wildman–Crippen MR) is 86.6 cm³/mol.